The van der Waals surface area contributed by atoms with Crippen LogP contribution in [0.15, 0.2) is 0 Å². The first-order chi connectivity index (χ1) is 8.70. The maximum Gasteiger partial charge on any atom is 0.320 e. The number of carbonyl (C=O) groups excluding carboxylic acids is 1. The van der Waals surface area contributed by atoms with E-state index >= 15 is 0 Å². The first-order valence-electron chi connectivity index (χ1n) is 6.95. The van der Waals surface area contributed by atoms with Crippen LogP contribution in [-0.4, -0.2) is 52.6 Å². The van der Waals surface area contributed by atoms with Crippen molar-refractivity contribution in [3.05, 3.63) is 0 Å². The van der Waals surface area contributed by atoms with Gasteiger partial charge in [-0.2, -0.15) is 0 Å². The van der Waals surface area contributed by atoms with Gasteiger partial charge in [0.2, 0.25) is 0 Å². The molecule has 0 rings (SSSR count). The van der Waals surface area contributed by atoms with Gasteiger partial charge in [-0.3, -0.25) is 4.79 Å². The molecular formula is C14H28N2O3. The van der Waals surface area contributed by atoms with E-state index in [0.717, 1.165) is 6.42 Å². The number of aliphatic carboxylic acids is 1. The second-order valence-corrected chi connectivity index (χ2v) is 5.60. The second-order valence-electron chi connectivity index (χ2n) is 5.60. The highest BCUT2D eigenvalue weighted by Gasteiger charge is 2.26. The van der Waals surface area contributed by atoms with Gasteiger partial charge in [0.05, 0.1) is 6.42 Å². The minimum absolute atomic E-state index is 0.0218. The summed E-state index contributed by atoms with van der Waals surface area (Å²) < 4.78 is 0. The van der Waals surface area contributed by atoms with E-state index in [1.165, 1.54) is 0 Å². The van der Waals surface area contributed by atoms with Gasteiger partial charge in [-0.05, 0) is 33.1 Å². The number of carboxylic acids is 1. The summed E-state index contributed by atoms with van der Waals surface area (Å²) in [4.78, 5) is 26.5. The van der Waals surface area contributed by atoms with Gasteiger partial charge in [-0.25, -0.2) is 4.79 Å². The zero-order valence-electron chi connectivity index (χ0n) is 13.0. The van der Waals surface area contributed by atoms with Crippen molar-refractivity contribution in [2.24, 2.45) is 5.92 Å². The fourth-order valence-corrected chi connectivity index (χ4v) is 2.23. The van der Waals surface area contributed by atoms with Crippen molar-refractivity contribution in [1.29, 1.82) is 0 Å². The number of nitrogens with zero attached hydrogens (tertiary/aromatic N) is 2. The van der Waals surface area contributed by atoms with Crippen molar-refractivity contribution in [3.63, 3.8) is 0 Å². The SMILES string of the molecule is CCN(C(=O)N(C)C(C)CC(C)C)C(C)CC(=O)O. The molecule has 0 spiro atoms. The highest BCUT2D eigenvalue weighted by atomic mass is 16.4. The predicted molar refractivity (Wildman–Crippen MR) is 76.2 cm³/mol. The Balaban J connectivity index is 4.69. The van der Waals surface area contributed by atoms with E-state index in [0.29, 0.717) is 12.5 Å². The molecule has 0 aromatic rings. The Morgan fingerprint density at radius 1 is 1.11 bits per heavy atom. The molecular weight excluding hydrogens is 244 g/mol. The Labute approximate surface area is 116 Å². The van der Waals surface area contributed by atoms with Crippen LogP contribution in [0, 0.1) is 5.92 Å². The summed E-state index contributed by atoms with van der Waals surface area (Å²) in [6.07, 6.45) is 0.916. The third-order valence-electron chi connectivity index (χ3n) is 3.36. The zero-order chi connectivity index (χ0) is 15.2. The molecule has 0 heterocycles. The smallest absolute Gasteiger partial charge is 0.320 e. The van der Waals surface area contributed by atoms with Crippen LogP contribution in [0.3, 0.4) is 0 Å². The van der Waals surface area contributed by atoms with Gasteiger partial charge in [-0.1, -0.05) is 13.8 Å². The Morgan fingerprint density at radius 3 is 2.00 bits per heavy atom. The number of rotatable bonds is 7. The Bertz CT molecular complexity index is 305. The average Bonchev–Trinajstić information content (AvgIpc) is 2.26. The number of amides is 2. The van der Waals surface area contributed by atoms with E-state index in [-0.39, 0.29) is 24.5 Å². The number of hydrogen-bond acceptors (Lipinski definition) is 2. The van der Waals surface area contributed by atoms with Gasteiger partial charge in [0.25, 0.3) is 0 Å². The summed E-state index contributed by atoms with van der Waals surface area (Å²) in [7, 11) is 1.78. The monoisotopic (exact) mass is 272 g/mol. The maximum atomic E-state index is 12.4. The van der Waals surface area contributed by atoms with Crippen molar-refractivity contribution >= 4 is 12.0 Å². The van der Waals surface area contributed by atoms with E-state index in [4.69, 9.17) is 5.11 Å². The molecule has 2 unspecified atom stereocenters. The molecule has 5 heteroatoms. The molecule has 0 radical (unpaired) electrons. The lowest BCUT2D eigenvalue weighted by atomic mass is 10.0. The number of carboxylic acid groups (broad SMARTS) is 1. The van der Waals surface area contributed by atoms with E-state index in [1.54, 1.807) is 23.8 Å². The van der Waals surface area contributed by atoms with Crippen molar-refractivity contribution in [1.82, 2.24) is 9.80 Å². The summed E-state index contributed by atoms with van der Waals surface area (Å²) in [5.74, 6) is -0.353. The Hall–Kier alpha value is -1.26. The number of hydrogen-bond donors (Lipinski definition) is 1. The molecule has 0 aliphatic rings. The van der Waals surface area contributed by atoms with Crippen molar-refractivity contribution in [2.75, 3.05) is 13.6 Å². The zero-order valence-corrected chi connectivity index (χ0v) is 13.0. The standard InChI is InChI=1S/C14H28N2O3/c1-7-16(12(5)9-13(17)18)14(19)15(6)11(4)8-10(2)3/h10-12H,7-9H2,1-6H3,(H,17,18). The largest absolute Gasteiger partial charge is 0.481 e. The van der Waals surface area contributed by atoms with Crippen LogP contribution in [0.1, 0.15) is 47.5 Å². The van der Waals surface area contributed by atoms with Crippen LogP contribution in [0.5, 0.6) is 0 Å². The Kier molecular flexibility index (Phi) is 7.49. The lowest BCUT2D eigenvalue weighted by Gasteiger charge is -2.35. The van der Waals surface area contributed by atoms with E-state index in [2.05, 4.69) is 13.8 Å². The molecule has 2 atom stereocenters. The van der Waals surface area contributed by atoms with Crippen LogP contribution in [0.4, 0.5) is 4.79 Å². The highest BCUT2D eigenvalue weighted by Crippen LogP contribution is 2.14. The van der Waals surface area contributed by atoms with Gasteiger partial charge in [0.1, 0.15) is 0 Å². The predicted octanol–water partition coefficient (Wildman–Crippen LogP) is 2.66. The summed E-state index contributed by atoms with van der Waals surface area (Å²) in [5.41, 5.74) is 0. The number of carbonyl (C=O) groups is 2. The van der Waals surface area contributed by atoms with Crippen molar-refractivity contribution in [2.45, 2.75) is 59.5 Å². The summed E-state index contributed by atoms with van der Waals surface area (Å²) >= 11 is 0. The number of urea groups is 1. The lowest BCUT2D eigenvalue weighted by Crippen LogP contribution is -2.49. The third-order valence-corrected chi connectivity index (χ3v) is 3.36. The molecule has 0 aliphatic carbocycles. The molecule has 0 aromatic heterocycles. The van der Waals surface area contributed by atoms with Gasteiger partial charge in [-0.15, -0.1) is 0 Å². The Morgan fingerprint density at radius 2 is 1.63 bits per heavy atom. The second kappa shape index (κ2) is 8.02. The fraction of sp³-hybridized carbons (Fsp3) is 0.857. The molecule has 0 aliphatic heterocycles. The fourth-order valence-electron chi connectivity index (χ4n) is 2.23. The van der Waals surface area contributed by atoms with Crippen LogP contribution in [-0.2, 0) is 4.79 Å². The molecule has 0 fully saturated rings. The van der Waals surface area contributed by atoms with Gasteiger partial charge in [0, 0.05) is 25.7 Å². The van der Waals surface area contributed by atoms with Gasteiger partial charge >= 0.3 is 12.0 Å². The highest BCUT2D eigenvalue weighted by molar-refractivity contribution is 5.76. The summed E-state index contributed by atoms with van der Waals surface area (Å²) in [6.45, 7) is 10.4. The molecule has 0 bridgehead atoms. The minimum Gasteiger partial charge on any atom is -0.481 e. The molecule has 0 saturated heterocycles. The van der Waals surface area contributed by atoms with E-state index in [9.17, 15) is 9.59 Å². The van der Waals surface area contributed by atoms with Crippen molar-refractivity contribution in [3.8, 4) is 0 Å². The van der Waals surface area contributed by atoms with Gasteiger partial charge < -0.3 is 14.9 Å². The van der Waals surface area contributed by atoms with Crippen LogP contribution in [0.2, 0.25) is 0 Å². The molecule has 5 nitrogen and oxygen atoms in total. The van der Waals surface area contributed by atoms with E-state index < -0.39 is 5.97 Å². The first kappa shape index (κ1) is 17.7. The molecule has 0 saturated carbocycles. The first-order valence-corrected chi connectivity index (χ1v) is 6.95. The third kappa shape index (κ3) is 5.94. The van der Waals surface area contributed by atoms with Crippen LogP contribution >= 0.6 is 0 Å². The molecule has 2 amide bonds. The van der Waals surface area contributed by atoms with Crippen LogP contribution in [0.25, 0.3) is 0 Å². The van der Waals surface area contributed by atoms with E-state index in [1.807, 2.05) is 13.8 Å². The summed E-state index contributed by atoms with van der Waals surface area (Å²) in [5, 5.41) is 8.83. The maximum absolute atomic E-state index is 12.4. The average molecular weight is 272 g/mol. The quantitative estimate of drug-likeness (QED) is 0.775. The van der Waals surface area contributed by atoms with Crippen molar-refractivity contribution < 1.29 is 14.7 Å². The molecule has 1 N–H and O–H groups in total. The lowest BCUT2D eigenvalue weighted by molar-refractivity contribution is -0.138. The normalized spacial score (nSPS) is 14.1. The topological polar surface area (TPSA) is 60.9 Å². The van der Waals surface area contributed by atoms with Crippen LogP contribution < -0.4 is 0 Å². The molecule has 19 heavy (non-hydrogen) atoms. The molecule has 0 aromatic carbocycles. The molecule has 112 valence electrons. The summed E-state index contributed by atoms with van der Waals surface area (Å²) in [6, 6.07) is -0.230. The van der Waals surface area contributed by atoms with Gasteiger partial charge in [0.15, 0.2) is 0 Å². The minimum atomic E-state index is -0.878.